The van der Waals surface area contributed by atoms with Gasteiger partial charge in [0, 0.05) is 88.0 Å². The number of rotatable bonds is 23. The Morgan fingerprint density at radius 2 is 1.53 bits per heavy atom. The number of likely N-dealkylation sites (N-methyl/N-ethyl adjacent to an activating group) is 1. The second-order valence-corrected chi connectivity index (χ2v) is 22.1. The van der Waals surface area contributed by atoms with Gasteiger partial charge in [0.05, 0.1) is 31.1 Å². The van der Waals surface area contributed by atoms with Crippen molar-refractivity contribution >= 4 is 54.9 Å². The predicted octanol–water partition coefficient (Wildman–Crippen LogP) is 10.4. The lowest BCUT2D eigenvalue weighted by atomic mass is 9.81. The van der Waals surface area contributed by atoms with Crippen LogP contribution in [0.5, 0.6) is 0 Å². The van der Waals surface area contributed by atoms with E-state index in [-0.39, 0.29) is 71.5 Å². The van der Waals surface area contributed by atoms with Gasteiger partial charge in [-0.2, -0.15) is 9.84 Å². The lowest BCUT2D eigenvalue weighted by Crippen LogP contribution is -3.00. The number of fused-ring (bicyclic) bond motifs is 2. The molecular formula is C57H76IN6O4PS. The maximum absolute atomic E-state index is 13.0. The van der Waals surface area contributed by atoms with E-state index in [0.29, 0.717) is 39.0 Å². The van der Waals surface area contributed by atoms with E-state index >= 15 is 0 Å². The number of nitrogens with zero attached hydrogens (tertiary/aromatic N) is 4. The van der Waals surface area contributed by atoms with Gasteiger partial charge in [-0.15, -0.1) is 0 Å². The largest absolute Gasteiger partial charge is 1.00 e. The zero-order chi connectivity index (χ0) is 49.7. The van der Waals surface area contributed by atoms with Crippen molar-refractivity contribution in [2.45, 2.75) is 148 Å². The van der Waals surface area contributed by atoms with E-state index in [1.54, 1.807) is 0 Å². The van der Waals surface area contributed by atoms with Crippen LogP contribution in [0.25, 0.3) is 0 Å². The maximum atomic E-state index is 13.0. The van der Waals surface area contributed by atoms with Crippen LogP contribution in [0.2, 0.25) is 0 Å². The van der Waals surface area contributed by atoms with Gasteiger partial charge in [-0.25, -0.2) is 4.67 Å². The standard InChI is InChI=1S/C57H75N6O4PS.HI/c1-11-61-49-25-15-13-23-47(49)56(7,8)51(61)35-29-43-21-17-22-44(30-36-52-57(9,10)48-24-14-16-26-50(48)62(52)12-2)55(43)69-46-33-31-45(32-34-46)60-54(65)28-18-27-53(64)59-38-20-40-67-68(66-39-19-37-58)63(41(3)4)42(5)6;/h13-16,23-26,29-36,41-42H,11-12,17-22,27-28,38-40H2,1-10H3,(H-,59,60,64,65);1H. The quantitative estimate of drug-likeness (QED) is 0.0418. The van der Waals surface area contributed by atoms with Crippen LogP contribution >= 0.6 is 20.3 Å². The van der Waals surface area contributed by atoms with Gasteiger partial charge in [-0.05, 0) is 141 Å². The van der Waals surface area contributed by atoms with E-state index in [0.717, 1.165) is 42.9 Å². The van der Waals surface area contributed by atoms with Crippen molar-refractivity contribution in [3.8, 4) is 6.07 Å². The number of thioether (sulfide) groups is 1. The van der Waals surface area contributed by atoms with E-state index in [1.165, 1.54) is 50.0 Å². The summed E-state index contributed by atoms with van der Waals surface area (Å²) in [4.78, 5) is 30.6. The van der Waals surface area contributed by atoms with Crippen LogP contribution in [0, 0.1) is 11.3 Å². The molecule has 0 spiro atoms. The first-order chi connectivity index (χ1) is 33.1. The third-order valence-corrected chi connectivity index (χ3v) is 16.6. The average Bonchev–Trinajstić information content (AvgIpc) is 3.68. The predicted molar refractivity (Wildman–Crippen MR) is 287 cm³/mol. The smallest absolute Gasteiger partial charge is 0.259 e. The number of nitriles is 1. The van der Waals surface area contributed by atoms with Gasteiger partial charge in [0.1, 0.15) is 6.54 Å². The molecule has 0 saturated carbocycles. The van der Waals surface area contributed by atoms with Crippen molar-refractivity contribution < 1.29 is 47.2 Å². The van der Waals surface area contributed by atoms with E-state index in [2.05, 4.69) is 185 Å². The molecule has 2 heterocycles. The Hall–Kier alpha value is -4.09. The minimum Gasteiger partial charge on any atom is -1.00 e. The first-order valence-corrected chi connectivity index (χ1v) is 27.1. The molecule has 2 aliphatic heterocycles. The summed E-state index contributed by atoms with van der Waals surface area (Å²) >= 11 is 1.81. The summed E-state index contributed by atoms with van der Waals surface area (Å²) in [6, 6.07) is 28.3. The molecule has 3 aromatic rings. The molecule has 2 amide bonds. The van der Waals surface area contributed by atoms with Crippen LogP contribution in [0.1, 0.15) is 132 Å². The summed E-state index contributed by atoms with van der Waals surface area (Å²) in [5.41, 5.74) is 11.1. The lowest BCUT2D eigenvalue weighted by molar-refractivity contribution is -0.433. The Morgan fingerprint density at radius 1 is 0.857 bits per heavy atom. The summed E-state index contributed by atoms with van der Waals surface area (Å²) < 4.78 is 16.7. The summed E-state index contributed by atoms with van der Waals surface area (Å²) in [7, 11) is -1.31. The van der Waals surface area contributed by atoms with Gasteiger partial charge in [0.25, 0.3) is 8.53 Å². The van der Waals surface area contributed by atoms with Crippen LogP contribution in [0.4, 0.5) is 17.1 Å². The van der Waals surface area contributed by atoms with Crippen molar-refractivity contribution in [2.24, 2.45) is 0 Å². The van der Waals surface area contributed by atoms with Crippen LogP contribution in [0.15, 0.2) is 124 Å². The molecular weight excluding hydrogens is 1020 g/mol. The molecule has 1 aliphatic carbocycles. The van der Waals surface area contributed by atoms with E-state index < -0.39 is 8.53 Å². The Labute approximate surface area is 442 Å². The highest BCUT2D eigenvalue weighted by molar-refractivity contribution is 8.03. The molecule has 0 bridgehead atoms. The summed E-state index contributed by atoms with van der Waals surface area (Å²) in [5, 5.41) is 15.0. The Morgan fingerprint density at radius 3 is 2.21 bits per heavy atom. The molecule has 0 saturated heterocycles. The third kappa shape index (κ3) is 13.9. The zero-order valence-electron chi connectivity index (χ0n) is 43.2. The molecule has 70 heavy (non-hydrogen) atoms. The topological polar surface area (TPSA) is 110 Å². The molecule has 1 unspecified atom stereocenters. The van der Waals surface area contributed by atoms with E-state index in [4.69, 9.17) is 14.3 Å². The third-order valence-electron chi connectivity index (χ3n) is 13.3. The number of allylic oxidation sites excluding steroid dienone is 7. The molecule has 376 valence electrons. The lowest BCUT2D eigenvalue weighted by Gasteiger charge is -2.35. The average molecular weight is 1100 g/mol. The summed E-state index contributed by atoms with van der Waals surface area (Å²) in [6.45, 7) is 25.3. The van der Waals surface area contributed by atoms with E-state index in [9.17, 15) is 9.59 Å². The maximum Gasteiger partial charge on any atom is 0.259 e. The number of hydrogen-bond acceptors (Lipinski definition) is 8. The van der Waals surface area contributed by atoms with Crippen molar-refractivity contribution in [2.75, 3.05) is 43.1 Å². The highest BCUT2D eigenvalue weighted by Crippen LogP contribution is 2.49. The number of amides is 2. The van der Waals surface area contributed by atoms with Gasteiger partial charge >= 0.3 is 0 Å². The van der Waals surface area contributed by atoms with Crippen molar-refractivity contribution in [3.05, 3.63) is 130 Å². The van der Waals surface area contributed by atoms with Crippen molar-refractivity contribution in [3.63, 3.8) is 0 Å². The molecule has 10 nitrogen and oxygen atoms in total. The fourth-order valence-corrected chi connectivity index (χ4v) is 12.6. The Bertz CT molecular complexity index is 2480. The molecule has 3 aromatic carbocycles. The fourth-order valence-electron chi connectivity index (χ4n) is 9.88. The minimum absolute atomic E-state index is 0. The number of halogens is 1. The molecule has 13 heteroatoms. The van der Waals surface area contributed by atoms with Crippen LogP contribution < -0.4 is 39.5 Å². The highest BCUT2D eigenvalue weighted by Gasteiger charge is 2.44. The van der Waals surface area contributed by atoms with Gasteiger partial charge in [0.2, 0.25) is 17.5 Å². The Kier molecular flexibility index (Phi) is 21.6. The number of hydrogen-bond donors (Lipinski definition) is 2. The molecule has 0 radical (unpaired) electrons. The molecule has 3 aliphatic rings. The number of carbonyl (C=O) groups excluding carboxylic acids is 2. The van der Waals surface area contributed by atoms with Gasteiger partial charge in [-0.3, -0.25) is 9.59 Å². The second-order valence-electron chi connectivity index (χ2n) is 19.6. The minimum atomic E-state index is -1.31. The fraction of sp³-hybridized carbons (Fsp3) is 0.474. The molecule has 6 rings (SSSR count). The molecule has 2 N–H and O–H groups in total. The molecule has 0 fully saturated rings. The van der Waals surface area contributed by atoms with Crippen LogP contribution in [0.3, 0.4) is 0 Å². The second kappa shape index (κ2) is 26.6. The first-order valence-electron chi connectivity index (χ1n) is 25.1. The summed E-state index contributed by atoms with van der Waals surface area (Å²) in [5.74, 6) is -0.202. The van der Waals surface area contributed by atoms with E-state index in [1.807, 2.05) is 23.9 Å². The number of anilines is 2. The van der Waals surface area contributed by atoms with Crippen LogP contribution in [-0.4, -0.2) is 71.7 Å². The molecule has 1 atom stereocenters. The number of nitrogens with one attached hydrogen (secondary N) is 2. The SMILES string of the molecule is CCN1/C(=C/C=C2\CCCC(/C=C/C3=[N+](CC)c4ccccc4C3(C)C)=C2Sc2ccc(NC(=O)CCCC(=O)NCCCOP(OCCC#N)N(C(C)C)C(C)C)cc2)C(C)(C)c2ccccc21.[I-]. The van der Waals surface area contributed by atoms with Gasteiger partial charge < -0.3 is 48.6 Å². The first kappa shape index (κ1) is 56.8. The monoisotopic (exact) mass is 1100 g/mol. The Balaban J connectivity index is 0.00000913. The van der Waals surface area contributed by atoms with Crippen LogP contribution in [-0.2, 0) is 29.5 Å². The van der Waals surface area contributed by atoms with Crippen molar-refractivity contribution in [1.29, 1.82) is 5.26 Å². The number of carbonyl (C=O) groups is 2. The summed E-state index contributed by atoms with van der Waals surface area (Å²) in [6.07, 6.45) is 14.5. The highest BCUT2D eigenvalue weighted by atomic mass is 127. The van der Waals surface area contributed by atoms with Crippen molar-refractivity contribution in [1.82, 2.24) is 9.99 Å². The number of para-hydroxylation sites is 2. The normalized spacial score (nSPS) is 17.7. The molecule has 0 aromatic heterocycles. The van der Waals surface area contributed by atoms with Gasteiger partial charge in [-0.1, -0.05) is 74.2 Å². The zero-order valence-corrected chi connectivity index (χ0v) is 47.1. The van der Waals surface area contributed by atoms with Gasteiger partial charge in [0.15, 0.2) is 5.71 Å². The number of benzene rings is 3.